The molecule has 1 saturated heterocycles. The van der Waals surface area contributed by atoms with Gasteiger partial charge in [-0.15, -0.1) is 0 Å². The van der Waals surface area contributed by atoms with Gasteiger partial charge in [-0.05, 0) is 83.9 Å². The Kier molecular flexibility index (Phi) is 14.8. The molecule has 7 nitrogen and oxygen atoms in total. The third-order valence-corrected chi connectivity index (χ3v) is 25.5. The minimum atomic E-state index is -3.18. The van der Waals surface area contributed by atoms with Gasteiger partial charge in [0.05, 0.1) is 18.1 Å². The van der Waals surface area contributed by atoms with Gasteiger partial charge in [0.15, 0.2) is 22.4 Å². The average Bonchev–Trinajstić information content (AvgIpc) is 3.20. The van der Waals surface area contributed by atoms with Crippen LogP contribution in [0.5, 0.6) is 0 Å². The van der Waals surface area contributed by atoms with E-state index in [2.05, 4.69) is 54.3 Å². The van der Waals surface area contributed by atoms with E-state index in [-0.39, 0.29) is 40.2 Å². The monoisotopic (exact) mass is 863 g/mol. The van der Waals surface area contributed by atoms with E-state index >= 15 is 9.59 Å². The number of ketones is 1. The fourth-order valence-electron chi connectivity index (χ4n) is 7.85. The maximum absolute atomic E-state index is 15.2. The number of aryl methyl sites for hydroxylation is 1. The van der Waals surface area contributed by atoms with E-state index in [1.165, 1.54) is 6.08 Å². The van der Waals surface area contributed by atoms with Crippen molar-refractivity contribution in [2.45, 2.75) is 116 Å². The van der Waals surface area contributed by atoms with Crippen LogP contribution in [0.25, 0.3) is 0 Å². The summed E-state index contributed by atoms with van der Waals surface area (Å²) in [7, 11) is -4.68. The van der Waals surface area contributed by atoms with Gasteiger partial charge in [-0.25, -0.2) is 4.79 Å². The van der Waals surface area contributed by atoms with Crippen LogP contribution in [0, 0.1) is 5.92 Å². The fraction of sp³-hybridized carbons (Fsp3) is 0.400. The summed E-state index contributed by atoms with van der Waals surface area (Å²) in [6.07, 6.45) is 3.68. The maximum atomic E-state index is 15.2. The lowest BCUT2D eigenvalue weighted by atomic mass is 9.79. The Balaban J connectivity index is 1.68. The second-order valence-corrected chi connectivity index (χ2v) is 31.4. The first-order chi connectivity index (χ1) is 28.2. The molecule has 60 heavy (non-hydrogen) atoms. The largest absolute Gasteiger partial charge is 0.457 e. The van der Waals surface area contributed by atoms with Crippen molar-refractivity contribution < 1.29 is 28.3 Å². The van der Waals surface area contributed by atoms with E-state index in [0.717, 1.165) is 40.7 Å². The average molecular weight is 864 g/mol. The summed E-state index contributed by atoms with van der Waals surface area (Å²) in [6.45, 7) is 21.6. The summed E-state index contributed by atoms with van der Waals surface area (Å²) in [6, 6.07) is 36.8. The SMILES string of the molecule is C=CCOC(=O)C(N1C(=O)[C@H]([C@@H](C)O[Si](C)(C)C(C)(C)C)[C@H]1CC(=O)c1ccc(CCCC(C)(C)[Si](C)(C)O)cc1)=P(c1ccccc1)(c1ccccc1)c1ccccc1. The number of nitrogens with zero attached hydrogens (tertiary/aromatic N) is 1. The van der Waals surface area contributed by atoms with E-state index < -0.39 is 47.6 Å². The number of likely N-dealkylation sites (tertiary alicyclic amines) is 1. The Bertz CT molecular complexity index is 2070. The molecule has 0 unspecified atom stereocenters. The minimum absolute atomic E-state index is 0.0119. The molecule has 0 radical (unpaired) electrons. The second-order valence-electron chi connectivity index (χ2n) is 18.9. The van der Waals surface area contributed by atoms with Crippen LogP contribution in [0.15, 0.2) is 128 Å². The lowest BCUT2D eigenvalue weighted by molar-refractivity contribution is -0.156. The van der Waals surface area contributed by atoms with E-state index in [1.54, 1.807) is 4.90 Å². The van der Waals surface area contributed by atoms with Gasteiger partial charge in [-0.1, -0.05) is 163 Å². The quantitative estimate of drug-likeness (QED) is 0.0268. The highest BCUT2D eigenvalue weighted by Crippen LogP contribution is 2.51. The van der Waals surface area contributed by atoms with Crippen molar-refractivity contribution >= 4 is 62.5 Å². The highest BCUT2D eigenvalue weighted by Gasteiger charge is 2.57. The molecule has 1 amide bonds. The van der Waals surface area contributed by atoms with E-state index in [4.69, 9.17) is 9.16 Å². The smallest absolute Gasteiger partial charge is 0.356 e. The first kappa shape index (κ1) is 46.9. The van der Waals surface area contributed by atoms with Gasteiger partial charge in [0.2, 0.25) is 5.91 Å². The first-order valence-electron chi connectivity index (χ1n) is 21.2. The van der Waals surface area contributed by atoms with Crippen molar-refractivity contribution in [3.05, 3.63) is 139 Å². The lowest BCUT2D eigenvalue weighted by Crippen LogP contribution is -2.69. The van der Waals surface area contributed by atoms with Gasteiger partial charge in [0.1, 0.15) is 12.0 Å². The molecule has 1 heterocycles. The van der Waals surface area contributed by atoms with Crippen molar-refractivity contribution in [1.82, 2.24) is 4.90 Å². The summed E-state index contributed by atoms with van der Waals surface area (Å²) >= 11 is 0. The summed E-state index contributed by atoms with van der Waals surface area (Å²) in [5, 5.41) is 2.41. The van der Waals surface area contributed by atoms with Crippen LogP contribution < -0.4 is 15.9 Å². The van der Waals surface area contributed by atoms with E-state index in [1.807, 2.05) is 135 Å². The van der Waals surface area contributed by atoms with Crippen LogP contribution in [0.4, 0.5) is 0 Å². The van der Waals surface area contributed by atoms with Crippen molar-refractivity contribution in [2.24, 2.45) is 5.92 Å². The molecule has 1 aliphatic heterocycles. The number of hydrogen-bond acceptors (Lipinski definition) is 6. The summed E-state index contributed by atoms with van der Waals surface area (Å²) in [5.41, 5.74) is 1.90. The summed E-state index contributed by atoms with van der Waals surface area (Å²) < 4.78 is 12.9. The standard InChI is InChI=1S/C50H66NO6PSi2/c1-12-35-56-48(54)47(58(40-24-16-13-17-25-40,41-26-18-14-19-27-41)42-28-20-15-21-29-42)51-43(45(46(51)53)37(2)57-60(10,11)49(3,4)5)36-44(52)39-32-30-38(31-33-39)23-22-34-50(6,7)59(8,9)55/h12-21,24-33,37,43,45,55H,1,22-23,34-36H2,2-11H3/t37-,43-,45-/m1/s1. The highest BCUT2D eigenvalue weighted by atomic mass is 31.2. The Hall–Kier alpha value is -4.12. The Labute approximate surface area is 361 Å². The molecular formula is C50H66NO6PSi2. The summed E-state index contributed by atoms with van der Waals surface area (Å²) in [4.78, 5) is 57.2. The van der Waals surface area contributed by atoms with Crippen molar-refractivity contribution in [3.63, 3.8) is 0 Å². The zero-order chi connectivity index (χ0) is 44.1. The van der Waals surface area contributed by atoms with Crippen LogP contribution in [-0.4, -0.2) is 68.2 Å². The molecule has 0 spiro atoms. The summed E-state index contributed by atoms with van der Waals surface area (Å²) in [5.74, 6) is -1.69. The predicted molar refractivity (Wildman–Crippen MR) is 255 cm³/mol. The molecular weight excluding hydrogens is 798 g/mol. The molecule has 0 aliphatic carbocycles. The molecule has 0 saturated carbocycles. The first-order valence-corrected chi connectivity index (χ1v) is 28.9. The molecule has 5 rings (SSSR count). The third-order valence-electron chi connectivity index (χ3n) is 13.1. The molecule has 10 heteroatoms. The van der Waals surface area contributed by atoms with Crippen molar-refractivity contribution in [2.75, 3.05) is 6.61 Å². The van der Waals surface area contributed by atoms with Gasteiger partial charge in [0, 0.05) is 18.9 Å². The Morgan fingerprint density at radius 3 is 1.73 bits per heavy atom. The van der Waals surface area contributed by atoms with E-state index in [0.29, 0.717) is 5.56 Å². The minimum Gasteiger partial charge on any atom is -0.457 e. The number of hydrogen-bond donors (Lipinski definition) is 1. The Morgan fingerprint density at radius 2 is 1.30 bits per heavy atom. The topological polar surface area (TPSA) is 93.1 Å². The Morgan fingerprint density at radius 1 is 0.817 bits per heavy atom. The number of benzene rings is 4. The molecule has 4 aromatic rings. The molecule has 4 aromatic carbocycles. The maximum Gasteiger partial charge on any atom is 0.356 e. The lowest BCUT2D eigenvalue weighted by Gasteiger charge is -2.53. The van der Waals surface area contributed by atoms with Gasteiger partial charge in [-0.2, -0.15) is 0 Å². The number of β-lactam (4-membered cyclic amide) rings is 1. The molecule has 0 bridgehead atoms. The van der Waals surface area contributed by atoms with Crippen molar-refractivity contribution in [3.8, 4) is 0 Å². The van der Waals surface area contributed by atoms with Crippen LogP contribution in [-0.2, 0) is 25.2 Å². The van der Waals surface area contributed by atoms with Crippen LogP contribution in [0.3, 0.4) is 0 Å². The predicted octanol–water partition coefficient (Wildman–Crippen LogP) is 9.65. The number of amides is 1. The van der Waals surface area contributed by atoms with Gasteiger partial charge < -0.3 is 18.9 Å². The second kappa shape index (κ2) is 18.9. The number of carbonyl (C=O) groups is 3. The fourth-order valence-corrected chi connectivity index (χ4v) is 14.5. The third kappa shape index (κ3) is 9.82. The number of esters is 1. The molecule has 1 aliphatic rings. The number of rotatable bonds is 18. The van der Waals surface area contributed by atoms with Crippen LogP contribution >= 0.6 is 6.89 Å². The van der Waals surface area contributed by atoms with Gasteiger partial charge in [0.25, 0.3) is 0 Å². The zero-order valence-corrected chi connectivity index (χ0v) is 40.3. The van der Waals surface area contributed by atoms with Gasteiger partial charge >= 0.3 is 5.97 Å². The van der Waals surface area contributed by atoms with E-state index in [9.17, 15) is 9.59 Å². The molecule has 3 atom stereocenters. The normalized spacial score (nSPS) is 16.8. The number of ether oxygens (including phenoxy) is 1. The number of Topliss-reactive ketones (excluding diaryl/α,β-unsaturated/α-hetero) is 1. The zero-order valence-electron chi connectivity index (χ0n) is 37.4. The molecule has 1 N–H and O–H groups in total. The van der Waals surface area contributed by atoms with Crippen molar-refractivity contribution in [1.29, 1.82) is 0 Å². The molecule has 320 valence electrons. The highest BCUT2D eigenvalue weighted by molar-refractivity contribution is 7.96. The molecule has 1 fully saturated rings. The molecule has 0 aromatic heterocycles. The number of carbonyl (C=O) groups excluding carboxylic acids is 3. The van der Waals surface area contributed by atoms with Crippen LogP contribution in [0.1, 0.15) is 76.7 Å². The van der Waals surface area contributed by atoms with Crippen LogP contribution in [0.2, 0.25) is 36.3 Å². The van der Waals surface area contributed by atoms with Gasteiger partial charge in [-0.3, -0.25) is 9.59 Å².